The Morgan fingerprint density at radius 1 is 1.03 bits per heavy atom. The lowest BCUT2D eigenvalue weighted by Gasteiger charge is -2.35. The third-order valence-corrected chi connectivity index (χ3v) is 14.3. The number of nitrogens with zero attached hydrogens (tertiary/aromatic N) is 4. The molecule has 3 aliphatic carbocycles. The van der Waals surface area contributed by atoms with E-state index in [4.69, 9.17) is 35.8 Å². The number of aromatic nitrogens is 2. The molecule has 340 valence electrons. The first-order valence-electron chi connectivity index (χ1n) is 22.4. The van der Waals surface area contributed by atoms with E-state index in [-0.39, 0.29) is 31.5 Å². The summed E-state index contributed by atoms with van der Waals surface area (Å²) in [6.45, 7) is 16.6. The highest BCUT2D eigenvalue weighted by atomic mass is 35.5. The number of anilines is 1. The first kappa shape index (κ1) is 44.9. The zero-order valence-electron chi connectivity index (χ0n) is 36.8. The van der Waals surface area contributed by atoms with Gasteiger partial charge in [-0.1, -0.05) is 44.9 Å². The fourth-order valence-electron chi connectivity index (χ4n) is 9.47. The number of hydrogen-bond acceptors (Lipinski definition) is 12. The second kappa shape index (κ2) is 18.1. The average Bonchev–Trinajstić information content (AvgIpc) is 3.91. The number of pyridine rings is 1. The topological polar surface area (TPSA) is 185 Å². The smallest absolute Gasteiger partial charge is 0.408 e. The predicted molar refractivity (Wildman–Crippen MR) is 241 cm³/mol. The third kappa shape index (κ3) is 9.87. The minimum atomic E-state index is -1.53. The number of halogens is 1. The van der Waals surface area contributed by atoms with Crippen molar-refractivity contribution >= 4 is 62.8 Å². The van der Waals surface area contributed by atoms with Gasteiger partial charge in [-0.25, -0.2) is 19.6 Å². The number of ether oxygens (including phenoxy) is 3. The molecule has 17 heteroatoms. The average molecular weight is 907 g/mol. The number of carboxylic acid groups (broad SMARTS) is 1. The lowest BCUT2D eigenvalue weighted by Crippen LogP contribution is -2.59. The normalized spacial score (nSPS) is 27.1. The van der Waals surface area contributed by atoms with Gasteiger partial charge in [-0.3, -0.25) is 14.5 Å². The summed E-state index contributed by atoms with van der Waals surface area (Å²) in [7, 11) is 0. The van der Waals surface area contributed by atoms with Gasteiger partial charge in [0, 0.05) is 41.8 Å². The molecule has 3 amide bonds. The van der Waals surface area contributed by atoms with E-state index in [0.717, 1.165) is 37.6 Å². The number of carbonyl (C=O) groups excluding carboxylic acids is 3. The number of rotatable bonds is 16. The summed E-state index contributed by atoms with van der Waals surface area (Å²) in [5, 5.41) is 22.7. The molecule has 2 saturated heterocycles. The number of benzene rings is 1. The summed E-state index contributed by atoms with van der Waals surface area (Å²) in [5.74, 6) is -0.708. The minimum Gasteiger partial charge on any atom is -0.491 e. The van der Waals surface area contributed by atoms with Gasteiger partial charge in [-0.15, -0.1) is 17.9 Å². The molecular formula is C46H60ClN7O8S. The van der Waals surface area contributed by atoms with Crippen molar-refractivity contribution in [2.45, 2.75) is 122 Å². The summed E-state index contributed by atoms with van der Waals surface area (Å²) in [6.07, 6.45) is 6.51. The van der Waals surface area contributed by atoms with Crippen molar-refractivity contribution in [1.29, 1.82) is 0 Å². The Labute approximate surface area is 377 Å². The molecule has 1 aromatic carbocycles. The van der Waals surface area contributed by atoms with E-state index >= 15 is 0 Å². The molecule has 3 unspecified atom stereocenters. The quantitative estimate of drug-likeness (QED) is 0.107. The van der Waals surface area contributed by atoms with Crippen LogP contribution in [0.4, 0.5) is 9.93 Å². The molecule has 2 aliphatic heterocycles. The van der Waals surface area contributed by atoms with Gasteiger partial charge in [0.05, 0.1) is 17.8 Å². The first-order chi connectivity index (χ1) is 30.0. The minimum absolute atomic E-state index is 0.0297. The monoisotopic (exact) mass is 905 g/mol. The van der Waals surface area contributed by atoms with Crippen molar-refractivity contribution in [2.24, 2.45) is 23.2 Å². The Bertz CT molecular complexity index is 2230. The number of amides is 3. The maximum Gasteiger partial charge on any atom is 0.408 e. The van der Waals surface area contributed by atoms with E-state index in [1.54, 1.807) is 12.1 Å². The number of piperidine rings is 1. The van der Waals surface area contributed by atoms with E-state index < -0.39 is 58.9 Å². The van der Waals surface area contributed by atoms with Crippen LogP contribution in [0.3, 0.4) is 0 Å². The highest BCUT2D eigenvalue weighted by Crippen LogP contribution is 2.52. The summed E-state index contributed by atoms with van der Waals surface area (Å²) >= 11 is 8.57. The van der Waals surface area contributed by atoms with Crippen molar-refractivity contribution in [1.82, 2.24) is 30.4 Å². The molecule has 8 atom stereocenters. The van der Waals surface area contributed by atoms with Crippen molar-refractivity contribution in [3.05, 3.63) is 41.3 Å². The van der Waals surface area contributed by atoms with Gasteiger partial charge in [0.2, 0.25) is 11.8 Å². The SMILES string of the molecule is C=C[C@@H]1CC1(NC(=O)[C@@H]1CC(Oc2cc(-c3csc(NC(C)C)n3)nc3c(Cl)c(OCCN4CCCCC4)ccc23)CN1C(=O)[C@@H](NC(=O)OC1C[C@@H]2C[C@@H]2C1)C(C)(C)C)C(=O)O. The van der Waals surface area contributed by atoms with Crippen molar-refractivity contribution in [2.75, 3.05) is 38.1 Å². The number of likely N-dealkylation sites (tertiary alicyclic amines) is 2. The van der Waals surface area contributed by atoms with Crippen LogP contribution >= 0.6 is 22.9 Å². The Balaban J connectivity index is 1.09. The highest BCUT2D eigenvalue weighted by Gasteiger charge is 2.61. The van der Waals surface area contributed by atoms with Gasteiger partial charge in [-0.05, 0) is 94.8 Å². The van der Waals surface area contributed by atoms with E-state index in [9.17, 15) is 24.3 Å². The van der Waals surface area contributed by atoms with Gasteiger partial charge in [0.25, 0.3) is 0 Å². The largest absolute Gasteiger partial charge is 0.491 e. The number of carboxylic acids is 1. The standard InChI is InChI=1S/C46H60ClN7O8S/c1-7-28-22-46(28,42(57)58)52-40(55)34-20-30(23-54(34)41(56)39(45(4,5)6)51-44(59)62-29-18-26-17-27(26)19-29)61-36-21-32(33-24-63-43(50-33)48-25(2)3)49-38-31(36)11-12-35(37(38)47)60-16-15-53-13-9-8-10-14-53/h7,11-12,21,24-30,34,39H,1,8-10,13-20,22-23H2,2-6H3,(H,48,50)(H,51,59)(H,52,55)(H,57,58)/t26-,27+,28-,29?,30?,34+,39-,46?/m1/s1. The highest BCUT2D eigenvalue weighted by molar-refractivity contribution is 7.14. The van der Waals surface area contributed by atoms with Crippen LogP contribution in [0.2, 0.25) is 5.02 Å². The number of hydrogen-bond donors (Lipinski definition) is 4. The number of aliphatic carboxylic acids is 1. The Morgan fingerprint density at radius 3 is 2.44 bits per heavy atom. The summed E-state index contributed by atoms with van der Waals surface area (Å²) in [5.41, 5.74) is -0.784. The molecule has 5 fully saturated rings. The number of fused-ring (bicyclic) bond motifs is 2. The van der Waals surface area contributed by atoms with Crippen LogP contribution in [-0.2, 0) is 19.1 Å². The second-order valence-electron chi connectivity index (χ2n) is 19.4. The number of alkyl carbamates (subject to hydrolysis) is 1. The van der Waals surface area contributed by atoms with E-state index in [1.165, 1.54) is 48.0 Å². The molecular weight excluding hydrogens is 846 g/mol. The number of carbonyl (C=O) groups is 4. The molecule has 0 spiro atoms. The lowest BCUT2D eigenvalue weighted by atomic mass is 9.85. The van der Waals surface area contributed by atoms with Gasteiger partial charge < -0.3 is 40.2 Å². The van der Waals surface area contributed by atoms with E-state index in [0.29, 0.717) is 57.3 Å². The zero-order chi connectivity index (χ0) is 44.8. The van der Waals surface area contributed by atoms with Crippen molar-refractivity contribution in [3.8, 4) is 22.9 Å². The zero-order valence-corrected chi connectivity index (χ0v) is 38.4. The van der Waals surface area contributed by atoms with Crippen LogP contribution < -0.4 is 25.4 Å². The molecule has 3 saturated carbocycles. The van der Waals surface area contributed by atoms with Crippen molar-refractivity contribution in [3.63, 3.8) is 0 Å². The van der Waals surface area contributed by atoms with Crippen LogP contribution in [0.25, 0.3) is 22.3 Å². The summed E-state index contributed by atoms with van der Waals surface area (Å²) in [4.78, 5) is 68.5. The van der Waals surface area contributed by atoms with Crippen molar-refractivity contribution < 1.29 is 38.5 Å². The molecule has 5 aliphatic rings. The molecule has 3 aromatic rings. The maximum absolute atomic E-state index is 14.8. The number of nitrogens with one attached hydrogen (secondary N) is 3. The molecule has 8 rings (SSSR count). The molecule has 4 heterocycles. The first-order valence-corrected chi connectivity index (χ1v) is 23.6. The fraction of sp³-hybridized carbons (Fsp3) is 0.609. The predicted octanol–water partition coefficient (Wildman–Crippen LogP) is 7.13. The molecule has 4 N–H and O–H groups in total. The van der Waals surface area contributed by atoms with E-state index in [1.807, 2.05) is 46.1 Å². The Kier molecular flexibility index (Phi) is 12.9. The van der Waals surface area contributed by atoms with Crippen LogP contribution in [0.15, 0.2) is 36.2 Å². The summed E-state index contributed by atoms with van der Waals surface area (Å²) < 4.78 is 18.8. The third-order valence-electron chi connectivity index (χ3n) is 13.2. The maximum atomic E-state index is 14.8. The molecule has 0 bridgehead atoms. The van der Waals surface area contributed by atoms with Gasteiger partial charge in [0.1, 0.15) is 58.7 Å². The van der Waals surface area contributed by atoms with Crippen LogP contribution in [0.1, 0.15) is 86.0 Å². The molecule has 2 aromatic heterocycles. The Morgan fingerprint density at radius 2 is 1.78 bits per heavy atom. The second-order valence-corrected chi connectivity index (χ2v) is 20.6. The number of thiazole rings is 1. The Hall–Kier alpha value is -4.67. The van der Waals surface area contributed by atoms with E-state index in [2.05, 4.69) is 27.4 Å². The van der Waals surface area contributed by atoms with Crippen LogP contribution in [0, 0.1) is 23.2 Å². The van der Waals surface area contributed by atoms with Gasteiger partial charge in [-0.2, -0.15) is 0 Å². The summed E-state index contributed by atoms with van der Waals surface area (Å²) in [6, 6.07) is 3.38. The van der Waals surface area contributed by atoms with Crippen LogP contribution in [-0.4, -0.2) is 117 Å². The lowest BCUT2D eigenvalue weighted by molar-refractivity contribution is -0.146. The van der Waals surface area contributed by atoms with Crippen LogP contribution in [0.5, 0.6) is 11.5 Å². The van der Waals surface area contributed by atoms with Gasteiger partial charge >= 0.3 is 12.1 Å². The molecule has 15 nitrogen and oxygen atoms in total. The fourth-order valence-corrected chi connectivity index (χ4v) is 10.6. The van der Waals surface area contributed by atoms with Gasteiger partial charge in [0.15, 0.2) is 5.13 Å². The molecule has 63 heavy (non-hydrogen) atoms. The molecule has 0 radical (unpaired) electrons.